The molecule has 0 atom stereocenters. The summed E-state index contributed by atoms with van der Waals surface area (Å²) in [7, 11) is 0. The van der Waals surface area contributed by atoms with E-state index in [-0.39, 0.29) is 5.76 Å². The van der Waals surface area contributed by atoms with Crippen molar-refractivity contribution in [1.82, 2.24) is 4.98 Å². The zero-order chi connectivity index (χ0) is 14.5. The van der Waals surface area contributed by atoms with Crippen LogP contribution in [0.15, 0.2) is 71.5 Å². The summed E-state index contributed by atoms with van der Waals surface area (Å²) in [6.07, 6.45) is 3.06. The van der Waals surface area contributed by atoms with E-state index in [1.54, 1.807) is 48.7 Å². The molecule has 3 aromatic rings. The van der Waals surface area contributed by atoms with Gasteiger partial charge in [-0.05, 0) is 42.5 Å². The van der Waals surface area contributed by atoms with Gasteiger partial charge in [0.25, 0.3) is 0 Å². The van der Waals surface area contributed by atoms with Crippen molar-refractivity contribution >= 4 is 5.97 Å². The lowest BCUT2D eigenvalue weighted by atomic mass is 10.3. The molecular weight excluding hydrogens is 270 g/mol. The van der Waals surface area contributed by atoms with Crippen LogP contribution < -0.4 is 9.47 Å². The average Bonchev–Trinajstić information content (AvgIpc) is 3.05. The molecule has 0 amide bonds. The third-order valence-corrected chi connectivity index (χ3v) is 2.62. The Morgan fingerprint density at radius 3 is 2.43 bits per heavy atom. The maximum absolute atomic E-state index is 11.7. The van der Waals surface area contributed by atoms with Crippen LogP contribution in [0.1, 0.15) is 10.6 Å². The quantitative estimate of drug-likeness (QED) is 0.539. The summed E-state index contributed by atoms with van der Waals surface area (Å²) >= 11 is 0. The predicted octanol–water partition coefficient (Wildman–Crippen LogP) is 3.69. The predicted molar refractivity (Wildman–Crippen MR) is 74.4 cm³/mol. The highest BCUT2D eigenvalue weighted by molar-refractivity contribution is 5.88. The summed E-state index contributed by atoms with van der Waals surface area (Å²) in [4.78, 5) is 15.8. The highest BCUT2D eigenvalue weighted by Crippen LogP contribution is 2.22. The van der Waals surface area contributed by atoms with Gasteiger partial charge < -0.3 is 13.9 Å². The van der Waals surface area contributed by atoms with Gasteiger partial charge in [0.1, 0.15) is 11.5 Å². The van der Waals surface area contributed by atoms with Crippen LogP contribution in [0.2, 0.25) is 0 Å². The maximum atomic E-state index is 11.7. The van der Waals surface area contributed by atoms with E-state index in [2.05, 4.69) is 4.98 Å². The van der Waals surface area contributed by atoms with Gasteiger partial charge in [-0.2, -0.15) is 0 Å². The van der Waals surface area contributed by atoms with Crippen LogP contribution in [0.3, 0.4) is 0 Å². The highest BCUT2D eigenvalue weighted by Gasteiger charge is 2.11. The number of aromatic nitrogens is 1. The van der Waals surface area contributed by atoms with Gasteiger partial charge >= 0.3 is 5.97 Å². The first kappa shape index (κ1) is 12.9. The van der Waals surface area contributed by atoms with Crippen molar-refractivity contribution in [3.05, 3.63) is 72.8 Å². The molecule has 0 aliphatic carbocycles. The van der Waals surface area contributed by atoms with Crippen LogP contribution in [0.4, 0.5) is 0 Å². The van der Waals surface area contributed by atoms with Crippen LogP contribution >= 0.6 is 0 Å². The first-order chi connectivity index (χ1) is 10.3. The second kappa shape index (κ2) is 5.92. The average molecular weight is 281 g/mol. The van der Waals surface area contributed by atoms with E-state index < -0.39 is 5.97 Å². The van der Waals surface area contributed by atoms with E-state index >= 15 is 0 Å². The van der Waals surface area contributed by atoms with Gasteiger partial charge in [-0.25, -0.2) is 9.78 Å². The molecule has 0 radical (unpaired) electrons. The van der Waals surface area contributed by atoms with Gasteiger partial charge in [0.2, 0.25) is 11.6 Å². The van der Waals surface area contributed by atoms with Crippen molar-refractivity contribution in [3.8, 4) is 17.4 Å². The summed E-state index contributed by atoms with van der Waals surface area (Å²) < 4.78 is 15.7. The normalized spacial score (nSPS) is 10.1. The molecule has 0 aliphatic rings. The number of furan rings is 1. The van der Waals surface area contributed by atoms with Crippen LogP contribution in [-0.4, -0.2) is 11.0 Å². The molecule has 21 heavy (non-hydrogen) atoms. The van der Waals surface area contributed by atoms with Gasteiger partial charge in [-0.1, -0.05) is 6.07 Å². The summed E-state index contributed by atoms with van der Waals surface area (Å²) in [5.41, 5.74) is 0. The second-order valence-corrected chi connectivity index (χ2v) is 4.11. The topological polar surface area (TPSA) is 61.6 Å². The van der Waals surface area contributed by atoms with Crippen LogP contribution in [-0.2, 0) is 0 Å². The zero-order valence-corrected chi connectivity index (χ0v) is 10.9. The SMILES string of the molecule is O=C(Oc1ccc(Oc2ccccn2)cc1)c1ccco1. The third kappa shape index (κ3) is 3.27. The molecule has 2 heterocycles. The van der Waals surface area contributed by atoms with Gasteiger partial charge in [0.15, 0.2) is 0 Å². The standard InChI is InChI=1S/C16H11NO4/c18-16(14-4-3-11-19-14)21-13-8-6-12(7-9-13)20-15-5-1-2-10-17-15/h1-11H. The van der Waals surface area contributed by atoms with Gasteiger partial charge in [0.05, 0.1) is 6.26 Å². The fraction of sp³-hybridized carbons (Fsp3) is 0. The van der Waals surface area contributed by atoms with E-state index in [0.29, 0.717) is 17.4 Å². The molecule has 104 valence electrons. The Hall–Kier alpha value is -3.08. The Kier molecular flexibility index (Phi) is 3.64. The Balaban J connectivity index is 1.65. The first-order valence-electron chi connectivity index (χ1n) is 6.26. The number of pyridine rings is 1. The van der Waals surface area contributed by atoms with Crippen LogP contribution in [0.25, 0.3) is 0 Å². The lowest BCUT2D eigenvalue weighted by molar-refractivity contribution is 0.0701. The number of esters is 1. The largest absolute Gasteiger partial charge is 0.457 e. The summed E-state index contributed by atoms with van der Waals surface area (Å²) in [6, 6.07) is 15.2. The molecule has 3 rings (SSSR count). The maximum Gasteiger partial charge on any atom is 0.379 e. The van der Waals surface area contributed by atoms with E-state index in [1.807, 2.05) is 12.1 Å². The fourth-order valence-electron chi connectivity index (χ4n) is 1.66. The number of nitrogens with zero attached hydrogens (tertiary/aromatic N) is 1. The summed E-state index contributed by atoms with van der Waals surface area (Å²) in [5.74, 6) is 1.12. The molecule has 0 N–H and O–H groups in total. The lowest BCUT2D eigenvalue weighted by Gasteiger charge is -2.06. The molecule has 0 unspecified atom stereocenters. The fourth-order valence-corrected chi connectivity index (χ4v) is 1.66. The first-order valence-corrected chi connectivity index (χ1v) is 6.26. The van der Waals surface area contributed by atoms with Crippen molar-refractivity contribution in [3.63, 3.8) is 0 Å². The molecular formula is C16H11NO4. The highest BCUT2D eigenvalue weighted by atomic mass is 16.5. The molecule has 1 aromatic carbocycles. The molecule has 0 saturated carbocycles. The van der Waals surface area contributed by atoms with Crippen molar-refractivity contribution in [2.45, 2.75) is 0 Å². The van der Waals surface area contributed by atoms with Crippen LogP contribution in [0.5, 0.6) is 17.4 Å². The Labute approximate surface area is 120 Å². The molecule has 2 aromatic heterocycles. The van der Waals surface area contributed by atoms with Gasteiger partial charge in [-0.15, -0.1) is 0 Å². The number of benzene rings is 1. The molecule has 0 spiro atoms. The van der Waals surface area contributed by atoms with Crippen molar-refractivity contribution in [2.75, 3.05) is 0 Å². The Bertz CT molecular complexity index is 706. The van der Waals surface area contributed by atoms with E-state index in [4.69, 9.17) is 13.9 Å². The van der Waals surface area contributed by atoms with Crippen molar-refractivity contribution < 1.29 is 18.7 Å². The molecule has 0 saturated heterocycles. The summed E-state index contributed by atoms with van der Waals surface area (Å²) in [5, 5.41) is 0. The minimum absolute atomic E-state index is 0.156. The number of rotatable bonds is 4. The Morgan fingerprint density at radius 1 is 0.952 bits per heavy atom. The van der Waals surface area contributed by atoms with Crippen molar-refractivity contribution in [2.24, 2.45) is 0 Å². The number of ether oxygens (including phenoxy) is 2. The van der Waals surface area contributed by atoms with Crippen molar-refractivity contribution in [1.29, 1.82) is 0 Å². The van der Waals surface area contributed by atoms with Crippen LogP contribution in [0, 0.1) is 0 Å². The van der Waals surface area contributed by atoms with E-state index in [1.165, 1.54) is 6.26 Å². The molecule has 0 bridgehead atoms. The smallest absolute Gasteiger partial charge is 0.379 e. The molecule has 5 heteroatoms. The molecule has 0 fully saturated rings. The number of hydrogen-bond donors (Lipinski definition) is 0. The number of carbonyl (C=O) groups is 1. The van der Waals surface area contributed by atoms with E-state index in [9.17, 15) is 4.79 Å². The summed E-state index contributed by atoms with van der Waals surface area (Å²) in [6.45, 7) is 0. The lowest BCUT2D eigenvalue weighted by Crippen LogP contribution is -2.06. The molecule has 0 aliphatic heterocycles. The minimum atomic E-state index is -0.543. The van der Waals surface area contributed by atoms with E-state index in [0.717, 1.165) is 0 Å². The Morgan fingerprint density at radius 2 is 1.76 bits per heavy atom. The second-order valence-electron chi connectivity index (χ2n) is 4.11. The number of carbonyl (C=O) groups excluding carboxylic acids is 1. The number of hydrogen-bond acceptors (Lipinski definition) is 5. The molecule has 5 nitrogen and oxygen atoms in total. The monoisotopic (exact) mass is 281 g/mol. The van der Waals surface area contributed by atoms with Gasteiger partial charge in [0, 0.05) is 12.3 Å². The minimum Gasteiger partial charge on any atom is -0.457 e. The third-order valence-electron chi connectivity index (χ3n) is 2.62. The van der Waals surface area contributed by atoms with Gasteiger partial charge in [-0.3, -0.25) is 0 Å². The zero-order valence-electron chi connectivity index (χ0n) is 10.9.